The lowest BCUT2D eigenvalue weighted by Gasteiger charge is -2.12. The van der Waals surface area contributed by atoms with Crippen molar-refractivity contribution in [3.63, 3.8) is 0 Å². The lowest BCUT2D eigenvalue weighted by molar-refractivity contribution is 0.219. The first-order chi connectivity index (χ1) is 8.65. The van der Waals surface area contributed by atoms with E-state index in [0.717, 1.165) is 10.2 Å². The van der Waals surface area contributed by atoms with Gasteiger partial charge in [-0.2, -0.15) is 0 Å². The average molecular weight is 330 g/mol. The number of methoxy groups -OCH3 is 2. The predicted octanol–water partition coefficient (Wildman–Crippen LogP) is 3.00. The molecule has 18 heavy (non-hydrogen) atoms. The van der Waals surface area contributed by atoms with Crippen LogP contribution in [0.25, 0.3) is 0 Å². The minimum Gasteiger partial charge on any atom is -0.493 e. The number of hydrogen-bond donors (Lipinski definition) is 1. The molecule has 1 N–H and O–H groups in total. The van der Waals surface area contributed by atoms with Crippen molar-refractivity contribution in [2.24, 2.45) is 0 Å². The summed E-state index contributed by atoms with van der Waals surface area (Å²) < 4.78 is 11.1. The van der Waals surface area contributed by atoms with Gasteiger partial charge in [0.05, 0.1) is 14.2 Å². The van der Waals surface area contributed by atoms with E-state index in [1.165, 1.54) is 11.3 Å². The molecule has 0 bridgehead atoms. The molecule has 96 valence electrons. The van der Waals surface area contributed by atoms with Crippen LogP contribution in [0.5, 0.6) is 11.5 Å². The van der Waals surface area contributed by atoms with Crippen molar-refractivity contribution in [3.05, 3.63) is 38.8 Å². The zero-order valence-electron chi connectivity index (χ0n) is 9.88. The van der Waals surface area contributed by atoms with Crippen molar-refractivity contribution in [2.75, 3.05) is 14.2 Å². The van der Waals surface area contributed by atoms with Gasteiger partial charge in [-0.25, -0.2) is 4.98 Å². The van der Waals surface area contributed by atoms with E-state index in [4.69, 9.17) is 9.47 Å². The Bertz CT molecular complexity index is 544. The van der Waals surface area contributed by atoms with Gasteiger partial charge in [-0.05, 0) is 33.6 Å². The molecule has 0 fully saturated rings. The number of benzene rings is 1. The fraction of sp³-hybridized carbons (Fsp3) is 0.250. The van der Waals surface area contributed by atoms with Crippen molar-refractivity contribution >= 4 is 27.3 Å². The van der Waals surface area contributed by atoms with Crippen molar-refractivity contribution in [1.82, 2.24) is 4.98 Å². The van der Waals surface area contributed by atoms with Crippen LogP contribution in [-0.4, -0.2) is 24.3 Å². The summed E-state index contributed by atoms with van der Waals surface area (Å²) in [7, 11) is 3.14. The molecule has 2 rings (SSSR count). The molecule has 1 aromatic heterocycles. The Kier molecular flexibility index (Phi) is 4.21. The smallest absolute Gasteiger partial charge is 0.161 e. The van der Waals surface area contributed by atoms with Crippen molar-refractivity contribution in [3.8, 4) is 11.5 Å². The summed E-state index contributed by atoms with van der Waals surface area (Å²) in [5.74, 6) is 1.22. The third-order valence-electron chi connectivity index (χ3n) is 2.45. The largest absolute Gasteiger partial charge is 0.493 e. The van der Waals surface area contributed by atoms with Crippen LogP contribution in [-0.2, 0) is 0 Å². The number of aromatic nitrogens is 1. The van der Waals surface area contributed by atoms with Crippen LogP contribution in [0.2, 0.25) is 0 Å². The van der Waals surface area contributed by atoms with Gasteiger partial charge in [-0.3, -0.25) is 0 Å². The van der Waals surface area contributed by atoms with Crippen LogP contribution in [0.15, 0.2) is 28.2 Å². The molecule has 0 amide bonds. The summed E-state index contributed by atoms with van der Waals surface area (Å²) >= 11 is 4.66. The summed E-state index contributed by atoms with van der Waals surface area (Å²) in [4.78, 5) is 4.20. The minimum atomic E-state index is -0.763. The van der Waals surface area contributed by atoms with E-state index >= 15 is 0 Å². The van der Waals surface area contributed by atoms with Crippen molar-refractivity contribution in [2.45, 2.75) is 6.10 Å². The highest BCUT2D eigenvalue weighted by Gasteiger charge is 2.16. The molecule has 0 radical (unpaired) electrons. The second-order valence-electron chi connectivity index (χ2n) is 3.53. The second-order valence-corrected chi connectivity index (χ2v) is 5.23. The first-order valence-electron chi connectivity index (χ1n) is 5.16. The number of ether oxygens (including phenoxy) is 2. The van der Waals surface area contributed by atoms with E-state index in [1.807, 2.05) is 5.38 Å². The Morgan fingerprint density at radius 1 is 1.28 bits per heavy atom. The third kappa shape index (κ3) is 2.66. The number of aliphatic hydroxyl groups excluding tert-OH is 1. The van der Waals surface area contributed by atoms with Gasteiger partial charge < -0.3 is 14.6 Å². The Morgan fingerprint density at radius 2 is 2.00 bits per heavy atom. The zero-order valence-corrected chi connectivity index (χ0v) is 12.3. The Balaban J connectivity index is 2.33. The molecule has 0 aliphatic rings. The van der Waals surface area contributed by atoms with Crippen LogP contribution in [0.4, 0.5) is 0 Å². The fourth-order valence-corrected chi connectivity index (χ4v) is 2.83. The summed E-state index contributed by atoms with van der Waals surface area (Å²) in [6.07, 6.45) is -0.763. The quantitative estimate of drug-likeness (QED) is 0.936. The van der Waals surface area contributed by atoms with E-state index in [-0.39, 0.29) is 0 Å². The minimum absolute atomic E-state index is 0.588. The molecule has 1 heterocycles. The van der Waals surface area contributed by atoms with E-state index in [1.54, 1.807) is 32.4 Å². The molecule has 0 saturated carbocycles. The van der Waals surface area contributed by atoms with E-state index in [9.17, 15) is 5.11 Å². The van der Waals surface area contributed by atoms with E-state index in [0.29, 0.717) is 16.5 Å². The monoisotopic (exact) mass is 329 g/mol. The van der Waals surface area contributed by atoms with Crippen LogP contribution >= 0.6 is 27.3 Å². The Morgan fingerprint density at radius 3 is 2.56 bits per heavy atom. The summed E-state index contributed by atoms with van der Waals surface area (Å²) in [6.45, 7) is 0. The molecule has 4 nitrogen and oxygen atoms in total. The predicted molar refractivity (Wildman–Crippen MR) is 73.4 cm³/mol. The summed E-state index contributed by atoms with van der Waals surface area (Å²) in [5.41, 5.74) is 0.717. The molecule has 6 heteroatoms. The van der Waals surface area contributed by atoms with Crippen molar-refractivity contribution < 1.29 is 14.6 Å². The number of halogens is 1. The van der Waals surface area contributed by atoms with Crippen molar-refractivity contribution in [1.29, 1.82) is 0 Å². The van der Waals surface area contributed by atoms with Gasteiger partial charge in [-0.1, -0.05) is 6.07 Å². The lowest BCUT2D eigenvalue weighted by atomic mass is 10.1. The zero-order chi connectivity index (χ0) is 13.1. The molecule has 0 aliphatic heterocycles. The topological polar surface area (TPSA) is 51.6 Å². The first-order valence-corrected chi connectivity index (χ1v) is 6.84. The van der Waals surface area contributed by atoms with Crippen LogP contribution in [0.1, 0.15) is 16.7 Å². The molecular weight excluding hydrogens is 318 g/mol. The van der Waals surface area contributed by atoms with Crippen LogP contribution in [0, 0.1) is 0 Å². The highest BCUT2D eigenvalue weighted by Crippen LogP contribution is 2.33. The summed E-state index contributed by atoms with van der Waals surface area (Å²) in [6, 6.07) is 5.31. The van der Waals surface area contributed by atoms with Crippen LogP contribution in [0.3, 0.4) is 0 Å². The second kappa shape index (κ2) is 5.69. The maximum atomic E-state index is 10.2. The molecular formula is C12H12BrNO3S. The standard InChI is InChI=1S/C12H12BrNO3S/c1-16-8-4-3-7(5-9(8)17-2)11(15)12-14-10(13)6-18-12/h3-6,11,15H,1-2H3. The maximum absolute atomic E-state index is 10.2. The molecule has 1 unspecified atom stereocenters. The number of aliphatic hydroxyl groups is 1. The van der Waals surface area contributed by atoms with Gasteiger partial charge in [0.25, 0.3) is 0 Å². The number of hydrogen-bond acceptors (Lipinski definition) is 5. The molecule has 1 aromatic carbocycles. The molecule has 2 aromatic rings. The highest BCUT2D eigenvalue weighted by molar-refractivity contribution is 9.10. The number of nitrogens with zero attached hydrogens (tertiary/aromatic N) is 1. The van der Waals surface area contributed by atoms with Gasteiger partial charge in [0.15, 0.2) is 11.5 Å². The van der Waals surface area contributed by atoms with Gasteiger partial charge >= 0.3 is 0 Å². The SMILES string of the molecule is COc1ccc(C(O)c2nc(Br)cs2)cc1OC. The van der Waals surface area contributed by atoms with Gasteiger partial charge in [0.1, 0.15) is 15.7 Å². The summed E-state index contributed by atoms with van der Waals surface area (Å²) in [5, 5.41) is 12.7. The fourth-order valence-electron chi connectivity index (χ4n) is 1.56. The number of thiazole rings is 1. The molecule has 0 saturated heterocycles. The molecule has 1 atom stereocenters. The lowest BCUT2D eigenvalue weighted by Crippen LogP contribution is -2.00. The molecule has 0 spiro atoms. The molecule has 0 aliphatic carbocycles. The van der Waals surface area contributed by atoms with Gasteiger partial charge in [0, 0.05) is 5.38 Å². The first kappa shape index (κ1) is 13.3. The van der Waals surface area contributed by atoms with Gasteiger partial charge in [-0.15, -0.1) is 11.3 Å². The third-order valence-corrected chi connectivity index (χ3v) is 4.06. The average Bonchev–Trinajstić information content (AvgIpc) is 2.83. The van der Waals surface area contributed by atoms with E-state index in [2.05, 4.69) is 20.9 Å². The maximum Gasteiger partial charge on any atom is 0.161 e. The Hall–Kier alpha value is -1.11. The highest BCUT2D eigenvalue weighted by atomic mass is 79.9. The van der Waals surface area contributed by atoms with Crippen LogP contribution < -0.4 is 9.47 Å². The normalized spacial score (nSPS) is 12.2. The number of rotatable bonds is 4. The Labute approximate surface area is 117 Å². The van der Waals surface area contributed by atoms with Gasteiger partial charge in [0.2, 0.25) is 0 Å². The van der Waals surface area contributed by atoms with E-state index < -0.39 is 6.10 Å².